The smallest absolute Gasteiger partial charge is 0.0467 e. The summed E-state index contributed by atoms with van der Waals surface area (Å²) >= 11 is 0. The lowest BCUT2D eigenvalue weighted by atomic mass is 9.70. The van der Waals surface area contributed by atoms with Gasteiger partial charge in [-0.15, -0.1) is 0 Å². The summed E-state index contributed by atoms with van der Waals surface area (Å²) in [5.41, 5.74) is 15.4. The van der Waals surface area contributed by atoms with Gasteiger partial charge in [-0.3, -0.25) is 0 Å². The Kier molecular flexibility index (Phi) is 13.3. The molecule has 0 heterocycles. The van der Waals surface area contributed by atoms with Crippen molar-refractivity contribution < 1.29 is 0 Å². The molecule has 0 radical (unpaired) electrons. The molecule has 0 aliphatic heterocycles. The summed E-state index contributed by atoms with van der Waals surface area (Å²) in [6, 6.07) is 41.0. The molecule has 5 aromatic carbocycles. The fourth-order valence-corrected chi connectivity index (χ4v) is 8.67. The van der Waals surface area contributed by atoms with Crippen LogP contribution in [0.4, 0.5) is 28.4 Å². The summed E-state index contributed by atoms with van der Waals surface area (Å²) in [5.74, 6) is 0. The Labute approximate surface area is 321 Å². The van der Waals surface area contributed by atoms with Crippen molar-refractivity contribution in [3.8, 4) is 11.1 Å². The lowest BCUT2D eigenvalue weighted by Gasteiger charge is -2.34. The summed E-state index contributed by atoms with van der Waals surface area (Å²) in [4.78, 5) is 2.45. The van der Waals surface area contributed by atoms with Gasteiger partial charge in [0.05, 0.1) is 0 Å². The standard InChI is InChI=1S/C51H62N2/c1-6-9-11-13-15-17-32-51(33-18-16-14-12-10-7-2)49-37-43(52-42-25-19-22-39(4)34-42)28-30-47(49)48-31-29-46(38-50(48)51)53(44-26-20-23-40(5)35-44)45-27-21-24-41(8-3)36-45/h8,19-31,34-38,52H,3,6-7,9-18,32-33H2,1-2,4-5H3. The molecule has 1 aliphatic rings. The SMILES string of the molecule is C=Cc1cccc(N(c2cccc(C)c2)c2ccc3c(c2)C(CCCCCCCC)(CCCCCCCC)c2cc(Nc4cccc(C)c4)ccc2-3)c1. The van der Waals surface area contributed by atoms with Crippen molar-refractivity contribution in [2.75, 3.05) is 10.2 Å². The predicted octanol–water partition coefficient (Wildman–Crippen LogP) is 15.9. The second kappa shape index (κ2) is 18.5. The molecule has 0 unspecified atom stereocenters. The summed E-state index contributed by atoms with van der Waals surface area (Å²) in [5, 5.41) is 3.79. The van der Waals surface area contributed by atoms with Gasteiger partial charge in [-0.1, -0.05) is 152 Å². The maximum atomic E-state index is 4.10. The van der Waals surface area contributed by atoms with Crippen molar-refractivity contribution in [1.29, 1.82) is 0 Å². The third kappa shape index (κ3) is 9.15. The number of hydrogen-bond acceptors (Lipinski definition) is 2. The molecule has 0 bridgehead atoms. The minimum Gasteiger partial charge on any atom is -0.356 e. The van der Waals surface area contributed by atoms with Crippen molar-refractivity contribution in [1.82, 2.24) is 0 Å². The van der Waals surface area contributed by atoms with E-state index >= 15 is 0 Å². The van der Waals surface area contributed by atoms with E-state index < -0.39 is 0 Å². The van der Waals surface area contributed by atoms with Crippen LogP contribution in [0.1, 0.15) is 132 Å². The Hall–Kier alpha value is -4.56. The zero-order valence-electron chi connectivity index (χ0n) is 33.0. The normalized spacial score (nSPS) is 12.7. The van der Waals surface area contributed by atoms with Gasteiger partial charge in [0.1, 0.15) is 0 Å². The van der Waals surface area contributed by atoms with Crippen LogP contribution in [0.5, 0.6) is 0 Å². The van der Waals surface area contributed by atoms with Crippen LogP contribution in [0.2, 0.25) is 0 Å². The second-order valence-corrected chi connectivity index (χ2v) is 15.6. The molecule has 276 valence electrons. The Morgan fingerprint density at radius 2 is 1.06 bits per heavy atom. The molecule has 1 N–H and O–H groups in total. The van der Waals surface area contributed by atoms with E-state index in [4.69, 9.17) is 0 Å². The summed E-state index contributed by atoms with van der Waals surface area (Å²) < 4.78 is 0. The Bertz CT molecular complexity index is 1930. The Morgan fingerprint density at radius 3 is 1.70 bits per heavy atom. The molecular weight excluding hydrogens is 641 g/mol. The minimum absolute atomic E-state index is 0.0400. The molecule has 0 spiro atoms. The van der Waals surface area contributed by atoms with E-state index in [1.165, 1.54) is 140 Å². The number of unbranched alkanes of at least 4 members (excludes halogenated alkanes) is 10. The van der Waals surface area contributed by atoms with E-state index in [1.807, 2.05) is 6.08 Å². The molecule has 0 atom stereocenters. The minimum atomic E-state index is -0.0400. The zero-order chi connectivity index (χ0) is 37.0. The van der Waals surface area contributed by atoms with E-state index in [1.54, 1.807) is 0 Å². The predicted molar refractivity (Wildman–Crippen MR) is 233 cm³/mol. The van der Waals surface area contributed by atoms with Gasteiger partial charge in [-0.2, -0.15) is 0 Å². The first kappa shape index (κ1) is 38.2. The van der Waals surface area contributed by atoms with Gasteiger partial charge in [0, 0.05) is 33.9 Å². The van der Waals surface area contributed by atoms with E-state index in [0.29, 0.717) is 0 Å². The number of hydrogen-bond donors (Lipinski definition) is 1. The molecular formula is C51H62N2. The first-order valence-corrected chi connectivity index (χ1v) is 20.7. The highest BCUT2D eigenvalue weighted by Crippen LogP contribution is 2.56. The first-order chi connectivity index (χ1) is 26.0. The lowest BCUT2D eigenvalue weighted by molar-refractivity contribution is 0.398. The van der Waals surface area contributed by atoms with Crippen molar-refractivity contribution in [2.45, 2.75) is 123 Å². The number of nitrogens with one attached hydrogen (secondary N) is 1. The largest absolute Gasteiger partial charge is 0.356 e. The van der Waals surface area contributed by atoms with Crippen LogP contribution in [-0.2, 0) is 5.41 Å². The molecule has 53 heavy (non-hydrogen) atoms. The van der Waals surface area contributed by atoms with Crippen LogP contribution < -0.4 is 10.2 Å². The van der Waals surface area contributed by atoms with Crippen molar-refractivity contribution in [3.05, 3.63) is 144 Å². The highest BCUT2D eigenvalue weighted by Gasteiger charge is 2.43. The molecule has 6 rings (SSSR count). The number of anilines is 5. The van der Waals surface area contributed by atoms with Crippen LogP contribution in [0.15, 0.2) is 116 Å². The monoisotopic (exact) mass is 702 g/mol. The first-order valence-electron chi connectivity index (χ1n) is 20.7. The molecule has 2 nitrogen and oxygen atoms in total. The maximum absolute atomic E-state index is 4.10. The summed E-state index contributed by atoms with van der Waals surface area (Å²) in [6.07, 6.45) is 20.0. The lowest BCUT2D eigenvalue weighted by Crippen LogP contribution is -2.26. The summed E-state index contributed by atoms with van der Waals surface area (Å²) in [6.45, 7) is 13.1. The second-order valence-electron chi connectivity index (χ2n) is 15.6. The third-order valence-electron chi connectivity index (χ3n) is 11.4. The fraction of sp³-hybridized carbons (Fsp3) is 0.373. The van der Waals surface area contributed by atoms with E-state index in [0.717, 1.165) is 16.9 Å². The topological polar surface area (TPSA) is 15.3 Å². The van der Waals surface area contributed by atoms with Crippen LogP contribution in [0.3, 0.4) is 0 Å². The highest BCUT2D eigenvalue weighted by molar-refractivity contribution is 5.87. The van der Waals surface area contributed by atoms with Gasteiger partial charge in [0.15, 0.2) is 0 Å². The number of fused-ring (bicyclic) bond motifs is 3. The van der Waals surface area contributed by atoms with Crippen LogP contribution in [0.25, 0.3) is 17.2 Å². The molecule has 1 aliphatic carbocycles. The average Bonchev–Trinajstić information content (AvgIpc) is 3.43. The molecule has 0 fully saturated rings. The average molecular weight is 703 g/mol. The maximum Gasteiger partial charge on any atom is 0.0467 e. The van der Waals surface area contributed by atoms with Gasteiger partial charge in [-0.25, -0.2) is 0 Å². The molecule has 0 amide bonds. The Balaban J connectivity index is 1.47. The highest BCUT2D eigenvalue weighted by atomic mass is 15.1. The molecule has 2 heteroatoms. The fourth-order valence-electron chi connectivity index (χ4n) is 8.67. The number of aryl methyl sites for hydroxylation is 2. The van der Waals surface area contributed by atoms with E-state index in [-0.39, 0.29) is 5.41 Å². The van der Waals surface area contributed by atoms with Gasteiger partial charge in [0.25, 0.3) is 0 Å². The third-order valence-corrected chi connectivity index (χ3v) is 11.4. The van der Waals surface area contributed by atoms with Gasteiger partial charge < -0.3 is 10.2 Å². The molecule has 0 saturated heterocycles. The van der Waals surface area contributed by atoms with Crippen LogP contribution in [-0.4, -0.2) is 0 Å². The van der Waals surface area contributed by atoms with Crippen molar-refractivity contribution >= 4 is 34.5 Å². The van der Waals surface area contributed by atoms with Gasteiger partial charge >= 0.3 is 0 Å². The molecule has 0 saturated carbocycles. The number of rotatable bonds is 20. The number of nitrogens with zero attached hydrogens (tertiary/aromatic N) is 1. The molecule has 0 aromatic heterocycles. The van der Waals surface area contributed by atoms with Crippen LogP contribution in [0, 0.1) is 13.8 Å². The zero-order valence-corrected chi connectivity index (χ0v) is 33.0. The quantitative estimate of drug-likeness (QED) is 0.0812. The Morgan fingerprint density at radius 1 is 0.528 bits per heavy atom. The van der Waals surface area contributed by atoms with Crippen molar-refractivity contribution in [3.63, 3.8) is 0 Å². The van der Waals surface area contributed by atoms with E-state index in [9.17, 15) is 0 Å². The summed E-state index contributed by atoms with van der Waals surface area (Å²) in [7, 11) is 0. The van der Waals surface area contributed by atoms with E-state index in [2.05, 4.69) is 154 Å². The van der Waals surface area contributed by atoms with Gasteiger partial charge in [-0.05, 0) is 126 Å². The van der Waals surface area contributed by atoms with Gasteiger partial charge in [0.2, 0.25) is 0 Å². The van der Waals surface area contributed by atoms with Crippen molar-refractivity contribution in [2.24, 2.45) is 0 Å². The van der Waals surface area contributed by atoms with Crippen LogP contribution >= 0.6 is 0 Å². The molecule has 5 aromatic rings. The number of benzene rings is 5.